The summed E-state index contributed by atoms with van der Waals surface area (Å²) in [6.45, 7) is 2.47. The molecule has 1 aliphatic heterocycles. The van der Waals surface area contributed by atoms with Crippen LogP contribution in [0, 0.1) is 0 Å². The number of fused-ring (bicyclic) bond motifs is 1. The lowest BCUT2D eigenvalue weighted by molar-refractivity contribution is -0.137. The van der Waals surface area contributed by atoms with Crippen molar-refractivity contribution in [1.29, 1.82) is 0 Å². The summed E-state index contributed by atoms with van der Waals surface area (Å²) in [6, 6.07) is 7.43. The van der Waals surface area contributed by atoms with Gasteiger partial charge in [-0.2, -0.15) is 0 Å². The Bertz CT molecular complexity index is 566. The molecule has 20 heavy (non-hydrogen) atoms. The van der Waals surface area contributed by atoms with Crippen LogP contribution in [-0.2, 0) is 4.79 Å². The van der Waals surface area contributed by atoms with Crippen molar-refractivity contribution in [2.75, 3.05) is 11.4 Å². The second-order valence-corrected chi connectivity index (χ2v) is 5.96. The van der Waals surface area contributed by atoms with E-state index in [1.54, 1.807) is 4.90 Å². The number of carboxylic acid groups (broad SMARTS) is 1. The van der Waals surface area contributed by atoms with E-state index in [1.165, 1.54) is 0 Å². The average Bonchev–Trinajstić information content (AvgIpc) is 2.99. The molecule has 1 fully saturated rings. The van der Waals surface area contributed by atoms with Crippen LogP contribution in [0.25, 0.3) is 0 Å². The normalized spacial score (nSPS) is 22.2. The van der Waals surface area contributed by atoms with Crippen LogP contribution < -0.4 is 10.2 Å². The van der Waals surface area contributed by atoms with Crippen molar-refractivity contribution in [2.24, 2.45) is 0 Å². The molecule has 1 unspecified atom stereocenters. The maximum absolute atomic E-state index is 12.4. The van der Waals surface area contributed by atoms with E-state index in [9.17, 15) is 9.59 Å². The number of carbonyl (C=O) groups is 2. The van der Waals surface area contributed by atoms with Crippen LogP contribution >= 0.6 is 0 Å². The van der Waals surface area contributed by atoms with Gasteiger partial charge in [0.25, 0.3) is 0 Å². The minimum absolute atomic E-state index is 0.0536. The highest BCUT2D eigenvalue weighted by atomic mass is 16.4. The number of amides is 2. The van der Waals surface area contributed by atoms with Gasteiger partial charge in [-0.3, -0.25) is 9.69 Å². The Balaban J connectivity index is 1.82. The Morgan fingerprint density at radius 3 is 2.75 bits per heavy atom. The number of benzene rings is 1. The molecule has 0 bridgehead atoms. The average molecular weight is 274 g/mol. The number of nitrogens with zero attached hydrogens (tertiary/aromatic N) is 1. The molecule has 1 atom stereocenters. The largest absolute Gasteiger partial charge is 0.481 e. The Hall–Kier alpha value is -2.04. The fourth-order valence-corrected chi connectivity index (χ4v) is 2.71. The van der Waals surface area contributed by atoms with Gasteiger partial charge in [-0.1, -0.05) is 18.2 Å². The number of nitrogens with one attached hydrogen (secondary N) is 1. The first-order chi connectivity index (χ1) is 9.48. The second kappa shape index (κ2) is 4.51. The third-order valence-electron chi connectivity index (χ3n) is 4.15. The summed E-state index contributed by atoms with van der Waals surface area (Å²) < 4.78 is 0. The molecule has 2 N–H and O–H groups in total. The zero-order valence-electron chi connectivity index (χ0n) is 11.4. The lowest BCUT2D eigenvalue weighted by Gasteiger charge is -2.21. The van der Waals surface area contributed by atoms with Gasteiger partial charge in [0.15, 0.2) is 0 Å². The molecule has 5 heteroatoms. The smallest absolute Gasteiger partial charge is 0.322 e. The predicted octanol–water partition coefficient (Wildman–Crippen LogP) is 2.33. The minimum atomic E-state index is -0.832. The van der Waals surface area contributed by atoms with E-state index in [4.69, 9.17) is 5.11 Å². The zero-order chi connectivity index (χ0) is 14.3. The van der Waals surface area contributed by atoms with Crippen molar-refractivity contribution in [3.05, 3.63) is 29.8 Å². The molecule has 0 radical (unpaired) electrons. The van der Waals surface area contributed by atoms with Crippen LogP contribution in [0.15, 0.2) is 24.3 Å². The lowest BCUT2D eigenvalue weighted by atomic mass is 9.98. The number of para-hydroxylation sites is 1. The van der Waals surface area contributed by atoms with Crippen LogP contribution in [0.5, 0.6) is 0 Å². The number of urea groups is 1. The first kappa shape index (κ1) is 13.0. The van der Waals surface area contributed by atoms with Gasteiger partial charge in [-0.15, -0.1) is 0 Å². The highest BCUT2D eigenvalue weighted by Gasteiger charge is 2.41. The van der Waals surface area contributed by atoms with Crippen molar-refractivity contribution in [2.45, 2.75) is 37.6 Å². The molecule has 0 aromatic heterocycles. The van der Waals surface area contributed by atoms with Gasteiger partial charge < -0.3 is 10.4 Å². The number of aliphatic carboxylic acids is 1. The second-order valence-electron chi connectivity index (χ2n) is 5.96. The van der Waals surface area contributed by atoms with E-state index in [0.29, 0.717) is 6.54 Å². The van der Waals surface area contributed by atoms with Gasteiger partial charge >= 0.3 is 12.0 Å². The molecule has 1 aliphatic carbocycles. The van der Waals surface area contributed by atoms with Gasteiger partial charge in [0, 0.05) is 23.7 Å². The van der Waals surface area contributed by atoms with E-state index < -0.39 is 5.97 Å². The summed E-state index contributed by atoms with van der Waals surface area (Å²) in [5, 5.41) is 12.0. The maximum atomic E-state index is 12.4. The highest BCUT2D eigenvalue weighted by Crippen LogP contribution is 2.39. The Kier molecular flexibility index (Phi) is 2.92. The maximum Gasteiger partial charge on any atom is 0.322 e. The summed E-state index contributed by atoms with van der Waals surface area (Å²) in [7, 11) is 0. The molecule has 3 rings (SSSR count). The van der Waals surface area contributed by atoms with Gasteiger partial charge in [0.2, 0.25) is 0 Å². The summed E-state index contributed by atoms with van der Waals surface area (Å²) in [5.74, 6) is -0.956. The Morgan fingerprint density at radius 1 is 1.40 bits per heavy atom. The van der Waals surface area contributed by atoms with Crippen molar-refractivity contribution >= 4 is 17.7 Å². The van der Waals surface area contributed by atoms with E-state index in [2.05, 4.69) is 5.32 Å². The molecule has 2 aliphatic rings. The van der Waals surface area contributed by atoms with Gasteiger partial charge in [0.05, 0.1) is 6.42 Å². The SMILES string of the molecule is CC1(NC(=O)N2CC(CC(=O)O)c3ccccc32)CC1. The molecule has 2 amide bonds. The van der Waals surface area contributed by atoms with E-state index in [1.807, 2.05) is 31.2 Å². The number of hydrogen-bond acceptors (Lipinski definition) is 2. The molecule has 1 saturated carbocycles. The molecule has 0 spiro atoms. The fraction of sp³-hybridized carbons (Fsp3) is 0.467. The summed E-state index contributed by atoms with van der Waals surface area (Å²) in [6.07, 6.45) is 2.07. The molecular formula is C15H18N2O3. The van der Waals surface area contributed by atoms with Crippen molar-refractivity contribution in [1.82, 2.24) is 5.32 Å². The first-order valence-corrected chi connectivity index (χ1v) is 6.89. The number of rotatable bonds is 3. The van der Waals surface area contributed by atoms with Gasteiger partial charge in [-0.05, 0) is 31.4 Å². The van der Waals surface area contributed by atoms with Crippen LogP contribution in [0.1, 0.15) is 37.7 Å². The van der Waals surface area contributed by atoms with Crippen LogP contribution in [0.4, 0.5) is 10.5 Å². The van der Waals surface area contributed by atoms with Crippen LogP contribution in [-0.4, -0.2) is 29.2 Å². The first-order valence-electron chi connectivity index (χ1n) is 6.89. The topological polar surface area (TPSA) is 69.6 Å². The van der Waals surface area contributed by atoms with Crippen molar-refractivity contribution in [3.63, 3.8) is 0 Å². The highest BCUT2D eigenvalue weighted by molar-refractivity contribution is 5.95. The summed E-state index contributed by atoms with van der Waals surface area (Å²) >= 11 is 0. The van der Waals surface area contributed by atoms with Gasteiger partial charge in [0.1, 0.15) is 0 Å². The van der Waals surface area contributed by atoms with Crippen LogP contribution in [0.3, 0.4) is 0 Å². The standard InChI is InChI=1S/C15H18N2O3/c1-15(6-7-15)16-14(20)17-9-10(8-13(18)19)11-4-2-3-5-12(11)17/h2-5,10H,6-9H2,1H3,(H,16,20)(H,18,19). The minimum Gasteiger partial charge on any atom is -0.481 e. The number of anilines is 1. The monoisotopic (exact) mass is 274 g/mol. The van der Waals surface area contributed by atoms with Crippen LogP contribution in [0.2, 0.25) is 0 Å². The van der Waals surface area contributed by atoms with E-state index in [0.717, 1.165) is 24.1 Å². The molecule has 1 aromatic rings. The molecular weight excluding hydrogens is 256 g/mol. The lowest BCUT2D eigenvalue weighted by Crippen LogP contribution is -2.44. The molecule has 1 heterocycles. The molecule has 1 aromatic carbocycles. The quantitative estimate of drug-likeness (QED) is 0.888. The number of hydrogen-bond donors (Lipinski definition) is 2. The number of carboxylic acids is 1. The Morgan fingerprint density at radius 2 is 2.10 bits per heavy atom. The summed E-state index contributed by atoms with van der Waals surface area (Å²) in [5.41, 5.74) is 1.71. The Labute approximate surface area is 117 Å². The predicted molar refractivity (Wildman–Crippen MR) is 75.0 cm³/mol. The van der Waals surface area contributed by atoms with Crippen molar-refractivity contribution < 1.29 is 14.7 Å². The number of carbonyl (C=O) groups excluding carboxylic acids is 1. The van der Waals surface area contributed by atoms with E-state index >= 15 is 0 Å². The zero-order valence-corrected chi connectivity index (χ0v) is 11.4. The molecule has 5 nitrogen and oxygen atoms in total. The van der Waals surface area contributed by atoms with E-state index in [-0.39, 0.29) is 23.9 Å². The molecule has 0 saturated heterocycles. The van der Waals surface area contributed by atoms with Gasteiger partial charge in [-0.25, -0.2) is 4.79 Å². The summed E-state index contributed by atoms with van der Waals surface area (Å²) in [4.78, 5) is 25.0. The fourth-order valence-electron chi connectivity index (χ4n) is 2.71. The molecule has 106 valence electrons. The van der Waals surface area contributed by atoms with Crippen molar-refractivity contribution in [3.8, 4) is 0 Å². The third-order valence-corrected chi connectivity index (χ3v) is 4.15. The third kappa shape index (κ3) is 2.35.